The summed E-state index contributed by atoms with van der Waals surface area (Å²) in [5, 5.41) is 2.71. The van der Waals surface area contributed by atoms with Gasteiger partial charge in [-0.15, -0.1) is 0 Å². The molecule has 1 unspecified atom stereocenters. The van der Waals surface area contributed by atoms with Crippen LogP contribution in [0.25, 0.3) is 0 Å². The van der Waals surface area contributed by atoms with E-state index in [-0.39, 0.29) is 22.9 Å². The Kier molecular flexibility index (Phi) is 7.17. The van der Waals surface area contributed by atoms with Crippen LogP contribution in [0.3, 0.4) is 0 Å². The minimum absolute atomic E-state index is 0.0287. The van der Waals surface area contributed by atoms with Gasteiger partial charge in [-0.25, -0.2) is 4.39 Å². The number of halogens is 1. The van der Waals surface area contributed by atoms with Crippen molar-refractivity contribution in [3.63, 3.8) is 0 Å². The Morgan fingerprint density at radius 3 is 2.62 bits per heavy atom. The second-order valence-corrected chi connectivity index (χ2v) is 7.47. The van der Waals surface area contributed by atoms with Crippen LogP contribution in [0.15, 0.2) is 24.3 Å². The average Bonchev–Trinajstić information content (AvgIpc) is 2.83. The first kappa shape index (κ1) is 18.9. The fourth-order valence-corrected chi connectivity index (χ4v) is 3.92. The topological polar surface area (TPSA) is 49.4 Å². The zero-order valence-corrected chi connectivity index (χ0v) is 15.2. The molecule has 1 aromatic carbocycles. The minimum atomic E-state index is -0.328. The van der Waals surface area contributed by atoms with E-state index in [2.05, 4.69) is 5.32 Å². The summed E-state index contributed by atoms with van der Waals surface area (Å²) in [6.45, 7) is 2.61. The Balaban J connectivity index is 1.63. The SMILES string of the molecule is CCC1SC(=S)N(CCCCCC(=O)Nc2ccc(F)cc2)C1=O. The van der Waals surface area contributed by atoms with Gasteiger partial charge in [-0.2, -0.15) is 0 Å². The first-order valence-corrected chi connectivity index (χ1v) is 9.37. The van der Waals surface area contributed by atoms with E-state index in [1.807, 2.05) is 6.92 Å². The number of nitrogens with zero attached hydrogens (tertiary/aromatic N) is 1. The van der Waals surface area contributed by atoms with E-state index >= 15 is 0 Å². The van der Waals surface area contributed by atoms with Gasteiger partial charge < -0.3 is 5.32 Å². The minimum Gasteiger partial charge on any atom is -0.326 e. The standard InChI is InChI=1S/C17H21FN2O2S2/c1-2-14-16(22)20(17(23)24-14)11-5-3-4-6-15(21)19-13-9-7-12(18)8-10-13/h7-10,14H,2-6,11H2,1H3,(H,19,21). The Morgan fingerprint density at radius 1 is 1.29 bits per heavy atom. The van der Waals surface area contributed by atoms with Gasteiger partial charge in [0, 0.05) is 18.7 Å². The molecule has 1 heterocycles. The van der Waals surface area contributed by atoms with Gasteiger partial charge in [0.25, 0.3) is 0 Å². The molecule has 1 fully saturated rings. The number of carbonyl (C=O) groups excluding carboxylic acids is 2. The zero-order chi connectivity index (χ0) is 17.5. The van der Waals surface area contributed by atoms with E-state index in [4.69, 9.17) is 12.2 Å². The molecular weight excluding hydrogens is 347 g/mol. The predicted octanol–water partition coefficient (Wildman–Crippen LogP) is 3.96. The average molecular weight is 368 g/mol. The number of unbranched alkanes of at least 4 members (excludes halogenated alkanes) is 2. The summed E-state index contributed by atoms with van der Waals surface area (Å²) in [7, 11) is 0. The number of anilines is 1. The lowest BCUT2D eigenvalue weighted by Gasteiger charge is -2.15. The monoisotopic (exact) mass is 368 g/mol. The summed E-state index contributed by atoms with van der Waals surface area (Å²) in [5.74, 6) is -0.302. The molecule has 0 saturated carbocycles. The highest BCUT2D eigenvalue weighted by molar-refractivity contribution is 8.24. The summed E-state index contributed by atoms with van der Waals surface area (Å²) in [4.78, 5) is 25.6. The molecule has 0 spiro atoms. The number of rotatable bonds is 8. The molecule has 2 rings (SSSR count). The van der Waals surface area contributed by atoms with E-state index in [0.717, 1.165) is 25.7 Å². The van der Waals surface area contributed by atoms with Crippen molar-refractivity contribution in [2.24, 2.45) is 0 Å². The molecular formula is C17H21FN2O2S2. The highest BCUT2D eigenvalue weighted by Gasteiger charge is 2.34. The van der Waals surface area contributed by atoms with Crippen LogP contribution in [-0.4, -0.2) is 32.8 Å². The van der Waals surface area contributed by atoms with Gasteiger partial charge in [0.2, 0.25) is 11.8 Å². The molecule has 130 valence electrons. The summed E-state index contributed by atoms with van der Waals surface area (Å²) >= 11 is 6.71. The van der Waals surface area contributed by atoms with Gasteiger partial charge in [0.15, 0.2) is 0 Å². The van der Waals surface area contributed by atoms with Crippen molar-refractivity contribution < 1.29 is 14.0 Å². The molecule has 1 N–H and O–H groups in total. The van der Waals surface area contributed by atoms with Crippen LogP contribution >= 0.6 is 24.0 Å². The van der Waals surface area contributed by atoms with E-state index in [1.54, 1.807) is 4.90 Å². The van der Waals surface area contributed by atoms with E-state index in [0.29, 0.717) is 23.0 Å². The van der Waals surface area contributed by atoms with Crippen molar-refractivity contribution >= 4 is 45.8 Å². The number of carbonyl (C=O) groups is 2. The first-order chi connectivity index (χ1) is 11.5. The molecule has 0 radical (unpaired) electrons. The van der Waals surface area contributed by atoms with Crippen molar-refractivity contribution in [1.82, 2.24) is 4.90 Å². The maximum atomic E-state index is 12.8. The van der Waals surface area contributed by atoms with Crippen molar-refractivity contribution in [3.05, 3.63) is 30.1 Å². The molecule has 1 aromatic rings. The van der Waals surface area contributed by atoms with Gasteiger partial charge in [-0.1, -0.05) is 37.3 Å². The second kappa shape index (κ2) is 9.13. The fraction of sp³-hybridized carbons (Fsp3) is 0.471. The Morgan fingerprint density at radius 2 is 2.00 bits per heavy atom. The van der Waals surface area contributed by atoms with Gasteiger partial charge >= 0.3 is 0 Å². The summed E-state index contributed by atoms with van der Waals surface area (Å²) in [6, 6.07) is 5.70. The third-order valence-electron chi connectivity index (χ3n) is 3.79. The second-order valence-electron chi connectivity index (χ2n) is 5.64. The predicted molar refractivity (Wildman–Crippen MR) is 99.5 cm³/mol. The molecule has 2 amide bonds. The van der Waals surface area contributed by atoms with Gasteiger partial charge in [0.05, 0.1) is 5.25 Å². The lowest BCUT2D eigenvalue weighted by Crippen LogP contribution is -2.32. The van der Waals surface area contributed by atoms with Crippen molar-refractivity contribution in [2.75, 3.05) is 11.9 Å². The van der Waals surface area contributed by atoms with Gasteiger partial charge in [0.1, 0.15) is 10.1 Å². The van der Waals surface area contributed by atoms with Gasteiger partial charge in [-0.3, -0.25) is 14.5 Å². The molecule has 1 saturated heterocycles. The number of thiocarbonyl (C=S) groups is 1. The molecule has 7 heteroatoms. The quantitative estimate of drug-likeness (QED) is 0.557. The van der Waals surface area contributed by atoms with Crippen LogP contribution in [0.2, 0.25) is 0 Å². The lowest BCUT2D eigenvalue weighted by atomic mass is 10.1. The first-order valence-electron chi connectivity index (χ1n) is 8.08. The molecule has 1 aliphatic heterocycles. The number of nitrogens with one attached hydrogen (secondary N) is 1. The Bertz CT molecular complexity index is 607. The third kappa shape index (κ3) is 5.27. The highest BCUT2D eigenvalue weighted by atomic mass is 32.2. The number of thioether (sulfide) groups is 1. The number of hydrogen-bond acceptors (Lipinski definition) is 4. The van der Waals surface area contributed by atoms with Crippen molar-refractivity contribution in [1.29, 1.82) is 0 Å². The lowest BCUT2D eigenvalue weighted by molar-refractivity contribution is -0.126. The maximum absolute atomic E-state index is 12.8. The van der Waals surface area contributed by atoms with Crippen LogP contribution in [0.4, 0.5) is 10.1 Å². The van der Waals surface area contributed by atoms with Crippen LogP contribution < -0.4 is 5.32 Å². The maximum Gasteiger partial charge on any atom is 0.241 e. The molecule has 1 aliphatic rings. The highest BCUT2D eigenvalue weighted by Crippen LogP contribution is 2.29. The number of benzene rings is 1. The molecule has 1 atom stereocenters. The number of amides is 2. The number of hydrogen-bond donors (Lipinski definition) is 1. The normalized spacial score (nSPS) is 17.4. The van der Waals surface area contributed by atoms with Crippen LogP contribution in [0, 0.1) is 5.82 Å². The van der Waals surface area contributed by atoms with Gasteiger partial charge in [-0.05, 0) is 43.5 Å². The third-order valence-corrected chi connectivity index (χ3v) is 5.54. The molecule has 4 nitrogen and oxygen atoms in total. The zero-order valence-electron chi connectivity index (χ0n) is 13.6. The Hall–Kier alpha value is -1.47. The van der Waals surface area contributed by atoms with Crippen LogP contribution in [0.5, 0.6) is 0 Å². The van der Waals surface area contributed by atoms with Crippen molar-refractivity contribution in [2.45, 2.75) is 44.3 Å². The largest absolute Gasteiger partial charge is 0.326 e. The molecule has 0 aromatic heterocycles. The van der Waals surface area contributed by atoms with Crippen molar-refractivity contribution in [3.8, 4) is 0 Å². The summed E-state index contributed by atoms with van der Waals surface area (Å²) in [5.41, 5.74) is 0.594. The Labute approximate surface area is 151 Å². The van der Waals surface area contributed by atoms with Crippen LogP contribution in [-0.2, 0) is 9.59 Å². The molecule has 24 heavy (non-hydrogen) atoms. The molecule has 0 bridgehead atoms. The van der Waals surface area contributed by atoms with E-state index in [1.165, 1.54) is 36.0 Å². The van der Waals surface area contributed by atoms with E-state index < -0.39 is 0 Å². The van der Waals surface area contributed by atoms with Crippen LogP contribution in [0.1, 0.15) is 39.0 Å². The molecule has 0 aliphatic carbocycles. The van der Waals surface area contributed by atoms with E-state index in [9.17, 15) is 14.0 Å². The summed E-state index contributed by atoms with van der Waals surface area (Å²) in [6.07, 6.45) is 3.62. The smallest absolute Gasteiger partial charge is 0.241 e. The summed E-state index contributed by atoms with van der Waals surface area (Å²) < 4.78 is 13.5. The fourth-order valence-electron chi connectivity index (χ4n) is 2.45.